The lowest BCUT2D eigenvalue weighted by atomic mass is 9.79. The number of halogens is 1. The first kappa shape index (κ1) is 13.3. The highest BCUT2D eigenvalue weighted by Crippen LogP contribution is 2.31. The fourth-order valence-corrected chi connectivity index (χ4v) is 2.16. The Bertz CT molecular complexity index is 433. The van der Waals surface area contributed by atoms with Gasteiger partial charge in [-0.3, -0.25) is 9.78 Å². The summed E-state index contributed by atoms with van der Waals surface area (Å²) < 4.78 is 5.28. The van der Waals surface area contributed by atoms with Gasteiger partial charge in [0.25, 0.3) is 0 Å². The first-order valence-corrected chi connectivity index (χ1v) is 6.24. The predicted molar refractivity (Wildman–Crippen MR) is 69.4 cm³/mol. The van der Waals surface area contributed by atoms with Gasteiger partial charge in [0.2, 0.25) is 5.91 Å². The van der Waals surface area contributed by atoms with Crippen molar-refractivity contribution in [3.05, 3.63) is 23.5 Å². The molecule has 0 spiro atoms. The molecule has 0 unspecified atom stereocenters. The van der Waals surface area contributed by atoms with Crippen LogP contribution in [0, 0.1) is 5.41 Å². The minimum atomic E-state index is -0.558. The molecule has 1 aromatic rings. The summed E-state index contributed by atoms with van der Waals surface area (Å²) in [7, 11) is 0. The summed E-state index contributed by atoms with van der Waals surface area (Å²) in [6, 6.07) is 1.64. The molecule has 0 bridgehead atoms. The number of carbonyl (C=O) groups is 1. The number of nitrogens with zero attached hydrogens (tertiary/aromatic N) is 1. The Morgan fingerprint density at radius 1 is 1.56 bits per heavy atom. The number of nitrogens with one attached hydrogen (secondary N) is 1. The van der Waals surface area contributed by atoms with E-state index in [1.807, 2.05) is 0 Å². The molecule has 1 saturated heterocycles. The van der Waals surface area contributed by atoms with Crippen LogP contribution in [0.25, 0.3) is 0 Å². The summed E-state index contributed by atoms with van der Waals surface area (Å²) in [5.74, 6) is -0.108. The summed E-state index contributed by atoms with van der Waals surface area (Å²) in [6.45, 7) is 1.43. The molecule has 2 rings (SSSR count). The molecule has 0 saturated carbocycles. The van der Waals surface area contributed by atoms with E-state index < -0.39 is 5.41 Å². The lowest BCUT2D eigenvalue weighted by molar-refractivity contribution is -0.130. The number of hydrogen-bond acceptors (Lipinski definition) is 4. The maximum Gasteiger partial charge on any atom is 0.232 e. The lowest BCUT2D eigenvalue weighted by Gasteiger charge is -2.34. The third-order valence-corrected chi connectivity index (χ3v) is 3.67. The SMILES string of the molecule is NCC1(C(=O)Nc2cnccc2Cl)CCOCC1. The van der Waals surface area contributed by atoms with Gasteiger partial charge < -0.3 is 15.8 Å². The Hall–Kier alpha value is -1.17. The molecule has 0 aromatic carbocycles. The summed E-state index contributed by atoms with van der Waals surface area (Å²) in [4.78, 5) is 16.3. The van der Waals surface area contributed by atoms with Crippen LogP contribution in [0.2, 0.25) is 5.02 Å². The number of anilines is 1. The number of ether oxygens (including phenoxy) is 1. The zero-order valence-electron chi connectivity index (χ0n) is 9.99. The first-order chi connectivity index (χ1) is 8.68. The van der Waals surface area contributed by atoms with E-state index in [2.05, 4.69) is 10.3 Å². The summed E-state index contributed by atoms with van der Waals surface area (Å²) in [5.41, 5.74) is 5.72. The van der Waals surface area contributed by atoms with Crippen molar-refractivity contribution in [3.63, 3.8) is 0 Å². The van der Waals surface area contributed by atoms with Crippen molar-refractivity contribution in [2.24, 2.45) is 11.1 Å². The second kappa shape index (κ2) is 5.65. The highest BCUT2D eigenvalue weighted by atomic mass is 35.5. The van der Waals surface area contributed by atoms with Crippen LogP contribution in [-0.4, -0.2) is 30.6 Å². The normalized spacial score (nSPS) is 18.3. The molecule has 1 amide bonds. The molecule has 0 atom stereocenters. The van der Waals surface area contributed by atoms with E-state index in [1.165, 1.54) is 6.20 Å². The summed E-state index contributed by atoms with van der Waals surface area (Å²) in [6.07, 6.45) is 4.37. The van der Waals surface area contributed by atoms with Gasteiger partial charge in [0.1, 0.15) is 0 Å². The van der Waals surface area contributed by atoms with Gasteiger partial charge in [-0.15, -0.1) is 0 Å². The van der Waals surface area contributed by atoms with Crippen molar-refractivity contribution >= 4 is 23.2 Å². The molecule has 0 aliphatic carbocycles. The van der Waals surface area contributed by atoms with Gasteiger partial charge in [-0.2, -0.15) is 0 Å². The van der Waals surface area contributed by atoms with Crippen molar-refractivity contribution in [2.75, 3.05) is 25.1 Å². The number of amides is 1. The van der Waals surface area contributed by atoms with Crippen LogP contribution in [0.3, 0.4) is 0 Å². The monoisotopic (exact) mass is 269 g/mol. The van der Waals surface area contributed by atoms with Crippen molar-refractivity contribution in [1.82, 2.24) is 4.98 Å². The molecular formula is C12H16ClN3O2. The Morgan fingerprint density at radius 2 is 2.28 bits per heavy atom. The molecule has 18 heavy (non-hydrogen) atoms. The highest BCUT2D eigenvalue weighted by Gasteiger charge is 2.38. The molecule has 5 nitrogen and oxygen atoms in total. The number of aromatic nitrogens is 1. The third-order valence-electron chi connectivity index (χ3n) is 3.34. The number of carbonyl (C=O) groups excluding carboxylic acids is 1. The van der Waals surface area contributed by atoms with Crippen LogP contribution in [0.1, 0.15) is 12.8 Å². The van der Waals surface area contributed by atoms with Gasteiger partial charge in [0.15, 0.2) is 0 Å². The standard InChI is InChI=1S/C12H16ClN3O2/c13-9-1-4-15-7-10(9)16-11(17)12(8-14)2-5-18-6-3-12/h1,4,7H,2-3,5-6,8,14H2,(H,16,17). The van der Waals surface area contributed by atoms with Crippen molar-refractivity contribution in [2.45, 2.75) is 12.8 Å². The number of rotatable bonds is 3. The first-order valence-electron chi connectivity index (χ1n) is 5.87. The molecule has 0 radical (unpaired) electrons. The van der Waals surface area contributed by atoms with Crippen LogP contribution >= 0.6 is 11.6 Å². The van der Waals surface area contributed by atoms with E-state index in [9.17, 15) is 4.79 Å². The molecular weight excluding hydrogens is 254 g/mol. The smallest absolute Gasteiger partial charge is 0.232 e. The Morgan fingerprint density at radius 3 is 2.89 bits per heavy atom. The Balaban J connectivity index is 2.13. The largest absolute Gasteiger partial charge is 0.381 e. The van der Waals surface area contributed by atoms with E-state index in [0.29, 0.717) is 43.3 Å². The van der Waals surface area contributed by atoms with Crippen LogP contribution in [0.15, 0.2) is 18.5 Å². The number of nitrogens with two attached hydrogens (primary N) is 1. The van der Waals surface area contributed by atoms with Gasteiger partial charge in [0.05, 0.1) is 22.3 Å². The van der Waals surface area contributed by atoms with Gasteiger partial charge in [-0.05, 0) is 18.9 Å². The van der Waals surface area contributed by atoms with Crippen molar-refractivity contribution < 1.29 is 9.53 Å². The van der Waals surface area contributed by atoms with E-state index in [0.717, 1.165) is 0 Å². The molecule has 1 aliphatic rings. The van der Waals surface area contributed by atoms with Gasteiger partial charge in [-0.1, -0.05) is 11.6 Å². The van der Waals surface area contributed by atoms with Crippen LogP contribution < -0.4 is 11.1 Å². The fraction of sp³-hybridized carbons (Fsp3) is 0.500. The maximum absolute atomic E-state index is 12.3. The third kappa shape index (κ3) is 2.63. The lowest BCUT2D eigenvalue weighted by Crippen LogP contribution is -2.46. The van der Waals surface area contributed by atoms with Crippen LogP contribution in [0.5, 0.6) is 0 Å². The van der Waals surface area contributed by atoms with Crippen LogP contribution in [0.4, 0.5) is 5.69 Å². The maximum atomic E-state index is 12.3. The van der Waals surface area contributed by atoms with E-state index >= 15 is 0 Å². The van der Waals surface area contributed by atoms with Gasteiger partial charge >= 0.3 is 0 Å². The molecule has 3 N–H and O–H groups in total. The van der Waals surface area contributed by atoms with E-state index in [4.69, 9.17) is 22.1 Å². The highest BCUT2D eigenvalue weighted by molar-refractivity contribution is 6.33. The summed E-state index contributed by atoms with van der Waals surface area (Å²) >= 11 is 5.99. The molecule has 6 heteroatoms. The molecule has 1 fully saturated rings. The molecule has 1 aliphatic heterocycles. The topological polar surface area (TPSA) is 77.2 Å². The van der Waals surface area contributed by atoms with Crippen LogP contribution in [-0.2, 0) is 9.53 Å². The van der Waals surface area contributed by atoms with Crippen molar-refractivity contribution in [1.29, 1.82) is 0 Å². The molecule has 1 aromatic heterocycles. The average Bonchev–Trinajstić information content (AvgIpc) is 2.42. The van der Waals surface area contributed by atoms with Crippen molar-refractivity contribution in [3.8, 4) is 0 Å². The van der Waals surface area contributed by atoms with E-state index in [-0.39, 0.29) is 5.91 Å². The predicted octanol–water partition coefficient (Wildman–Crippen LogP) is 1.43. The zero-order valence-corrected chi connectivity index (χ0v) is 10.7. The van der Waals surface area contributed by atoms with E-state index in [1.54, 1.807) is 12.3 Å². The number of pyridine rings is 1. The Kier molecular flexibility index (Phi) is 4.16. The second-order valence-corrected chi connectivity index (χ2v) is 4.81. The van der Waals surface area contributed by atoms with Gasteiger partial charge in [0, 0.05) is 26.0 Å². The molecule has 98 valence electrons. The second-order valence-electron chi connectivity index (χ2n) is 4.41. The fourth-order valence-electron chi connectivity index (χ4n) is 2.01. The van der Waals surface area contributed by atoms with Gasteiger partial charge in [-0.25, -0.2) is 0 Å². The Labute approximate surface area is 111 Å². The average molecular weight is 270 g/mol. The quantitative estimate of drug-likeness (QED) is 0.870. The zero-order chi connectivity index (χ0) is 13.0. The number of hydrogen-bond donors (Lipinski definition) is 2. The minimum Gasteiger partial charge on any atom is -0.381 e. The summed E-state index contributed by atoms with van der Waals surface area (Å²) in [5, 5.41) is 3.27. The molecule has 2 heterocycles. The minimum absolute atomic E-state index is 0.108.